The van der Waals surface area contributed by atoms with Crippen molar-refractivity contribution in [3.05, 3.63) is 0 Å². The van der Waals surface area contributed by atoms with E-state index in [0.29, 0.717) is 11.3 Å². The zero-order chi connectivity index (χ0) is 8.27. The predicted molar refractivity (Wildman–Crippen MR) is 49.6 cm³/mol. The van der Waals surface area contributed by atoms with E-state index < -0.39 is 0 Å². The Balaban J connectivity index is 2.40. The van der Waals surface area contributed by atoms with Crippen molar-refractivity contribution in [1.29, 1.82) is 0 Å². The highest BCUT2D eigenvalue weighted by Gasteiger charge is 2.30. The molecule has 11 heavy (non-hydrogen) atoms. The minimum Gasteiger partial charge on any atom is -0.123 e. The smallest absolute Gasteiger partial charge is 0.0364 e. The Labute approximate surface area is 74.3 Å². The molecule has 0 aromatic carbocycles. The predicted octanol–water partition coefficient (Wildman–Crippen LogP) is 3.05. The van der Waals surface area contributed by atoms with Crippen molar-refractivity contribution in [3.8, 4) is 11.8 Å². The molecule has 0 spiro atoms. The molecule has 0 saturated heterocycles. The molecule has 0 nitrogen and oxygen atoms in total. The summed E-state index contributed by atoms with van der Waals surface area (Å²) >= 11 is 6.09. The van der Waals surface area contributed by atoms with Gasteiger partial charge in [-0.05, 0) is 31.6 Å². The largest absolute Gasteiger partial charge is 0.123 e. The second-order valence-corrected chi connectivity index (χ2v) is 3.90. The first-order valence-electron chi connectivity index (χ1n) is 4.29. The Morgan fingerprint density at radius 3 is 2.64 bits per heavy atom. The Bertz CT molecular complexity index is 175. The van der Waals surface area contributed by atoms with Crippen molar-refractivity contribution in [2.75, 3.05) is 0 Å². The van der Waals surface area contributed by atoms with E-state index in [1.165, 1.54) is 12.8 Å². The molecule has 1 aliphatic rings. The van der Waals surface area contributed by atoms with E-state index in [2.05, 4.69) is 18.8 Å². The summed E-state index contributed by atoms with van der Waals surface area (Å²) in [5.41, 5.74) is 0. The maximum absolute atomic E-state index is 6.09. The van der Waals surface area contributed by atoms with Crippen LogP contribution in [-0.2, 0) is 0 Å². The second kappa shape index (κ2) is 4.02. The van der Waals surface area contributed by atoms with Gasteiger partial charge in [0, 0.05) is 11.8 Å². The van der Waals surface area contributed by atoms with Gasteiger partial charge in [-0.1, -0.05) is 6.92 Å². The van der Waals surface area contributed by atoms with Crippen molar-refractivity contribution in [3.63, 3.8) is 0 Å². The summed E-state index contributed by atoms with van der Waals surface area (Å²) < 4.78 is 0. The van der Waals surface area contributed by atoms with Crippen molar-refractivity contribution in [1.82, 2.24) is 0 Å². The van der Waals surface area contributed by atoms with Gasteiger partial charge in [0.25, 0.3) is 0 Å². The first-order chi connectivity index (χ1) is 5.25. The summed E-state index contributed by atoms with van der Waals surface area (Å²) in [4.78, 5) is 0. The normalized spacial score (nSPS) is 36.5. The van der Waals surface area contributed by atoms with Gasteiger partial charge in [0.05, 0.1) is 0 Å². The third kappa shape index (κ3) is 2.14. The SMILES string of the molecule is CC#CCC1CCC(Cl)C1C. The first kappa shape index (κ1) is 8.94. The molecule has 0 bridgehead atoms. The fourth-order valence-corrected chi connectivity index (χ4v) is 2.05. The topological polar surface area (TPSA) is 0 Å². The minimum atomic E-state index is 0.402. The van der Waals surface area contributed by atoms with Gasteiger partial charge in [0.1, 0.15) is 0 Å². The van der Waals surface area contributed by atoms with Gasteiger partial charge >= 0.3 is 0 Å². The van der Waals surface area contributed by atoms with Crippen LogP contribution < -0.4 is 0 Å². The summed E-state index contributed by atoms with van der Waals surface area (Å²) in [5, 5.41) is 0.402. The van der Waals surface area contributed by atoms with Gasteiger partial charge in [-0.2, -0.15) is 0 Å². The van der Waals surface area contributed by atoms with Crippen molar-refractivity contribution in [2.45, 2.75) is 38.5 Å². The molecule has 0 amide bonds. The van der Waals surface area contributed by atoms with E-state index in [9.17, 15) is 0 Å². The van der Waals surface area contributed by atoms with E-state index in [0.717, 1.165) is 12.3 Å². The summed E-state index contributed by atoms with van der Waals surface area (Å²) in [6, 6.07) is 0. The molecule has 0 aliphatic heterocycles. The molecule has 1 fully saturated rings. The molecule has 0 aromatic heterocycles. The van der Waals surface area contributed by atoms with Crippen LogP contribution in [0.3, 0.4) is 0 Å². The summed E-state index contributed by atoms with van der Waals surface area (Å²) in [5.74, 6) is 7.49. The van der Waals surface area contributed by atoms with Crippen LogP contribution in [0, 0.1) is 23.7 Å². The molecule has 62 valence electrons. The van der Waals surface area contributed by atoms with E-state index in [-0.39, 0.29) is 0 Å². The zero-order valence-corrected chi connectivity index (χ0v) is 7.99. The highest BCUT2D eigenvalue weighted by molar-refractivity contribution is 6.20. The quantitative estimate of drug-likeness (QED) is 0.419. The molecular weight excluding hydrogens is 156 g/mol. The molecule has 1 saturated carbocycles. The van der Waals surface area contributed by atoms with Crippen LogP contribution in [0.1, 0.15) is 33.1 Å². The summed E-state index contributed by atoms with van der Waals surface area (Å²) in [6.45, 7) is 4.14. The van der Waals surface area contributed by atoms with E-state index >= 15 is 0 Å². The maximum atomic E-state index is 6.09. The number of hydrogen-bond donors (Lipinski definition) is 0. The second-order valence-electron chi connectivity index (χ2n) is 3.34. The summed E-state index contributed by atoms with van der Waals surface area (Å²) in [7, 11) is 0. The maximum Gasteiger partial charge on any atom is 0.0364 e. The minimum absolute atomic E-state index is 0.402. The molecule has 0 radical (unpaired) electrons. The van der Waals surface area contributed by atoms with E-state index in [1.54, 1.807) is 0 Å². The van der Waals surface area contributed by atoms with Crippen LogP contribution in [0.25, 0.3) is 0 Å². The highest BCUT2D eigenvalue weighted by Crippen LogP contribution is 2.36. The first-order valence-corrected chi connectivity index (χ1v) is 4.73. The lowest BCUT2D eigenvalue weighted by molar-refractivity contribution is 0.432. The Morgan fingerprint density at radius 1 is 1.45 bits per heavy atom. The molecule has 3 unspecified atom stereocenters. The van der Waals surface area contributed by atoms with Crippen LogP contribution in [-0.4, -0.2) is 5.38 Å². The van der Waals surface area contributed by atoms with Crippen molar-refractivity contribution >= 4 is 11.6 Å². The average Bonchev–Trinajstić information content (AvgIpc) is 2.31. The lowest BCUT2D eigenvalue weighted by atomic mass is 9.95. The van der Waals surface area contributed by atoms with Gasteiger partial charge in [0.15, 0.2) is 0 Å². The molecule has 3 atom stereocenters. The van der Waals surface area contributed by atoms with Gasteiger partial charge in [-0.3, -0.25) is 0 Å². The van der Waals surface area contributed by atoms with Crippen molar-refractivity contribution < 1.29 is 0 Å². The fourth-order valence-electron chi connectivity index (χ4n) is 1.72. The molecule has 1 rings (SSSR count). The van der Waals surface area contributed by atoms with Gasteiger partial charge in [-0.15, -0.1) is 23.4 Å². The average molecular weight is 171 g/mol. The lowest BCUT2D eigenvalue weighted by Gasteiger charge is -2.13. The number of halogens is 1. The summed E-state index contributed by atoms with van der Waals surface area (Å²) in [6.07, 6.45) is 3.49. The third-order valence-corrected chi connectivity index (χ3v) is 3.28. The zero-order valence-electron chi connectivity index (χ0n) is 7.23. The van der Waals surface area contributed by atoms with Crippen LogP contribution in [0.4, 0.5) is 0 Å². The highest BCUT2D eigenvalue weighted by atomic mass is 35.5. The molecule has 0 heterocycles. The number of alkyl halides is 1. The molecular formula is C10H15Cl. The van der Waals surface area contributed by atoms with Crippen LogP contribution in [0.5, 0.6) is 0 Å². The number of rotatable bonds is 1. The van der Waals surface area contributed by atoms with Gasteiger partial charge in [0.2, 0.25) is 0 Å². The Hall–Kier alpha value is -0.150. The monoisotopic (exact) mass is 170 g/mol. The molecule has 1 heteroatoms. The van der Waals surface area contributed by atoms with E-state index in [4.69, 9.17) is 11.6 Å². The van der Waals surface area contributed by atoms with Gasteiger partial charge < -0.3 is 0 Å². The number of hydrogen-bond acceptors (Lipinski definition) is 0. The fraction of sp³-hybridized carbons (Fsp3) is 0.800. The molecule has 0 aromatic rings. The third-order valence-electron chi connectivity index (χ3n) is 2.67. The Morgan fingerprint density at radius 2 is 2.18 bits per heavy atom. The van der Waals surface area contributed by atoms with Gasteiger partial charge in [-0.25, -0.2) is 0 Å². The van der Waals surface area contributed by atoms with E-state index in [1.807, 2.05) is 6.92 Å². The van der Waals surface area contributed by atoms with Crippen molar-refractivity contribution in [2.24, 2.45) is 11.8 Å². The standard InChI is InChI=1S/C10H15Cl/c1-3-4-5-9-6-7-10(11)8(9)2/h8-10H,5-7H2,1-2H3. The van der Waals surface area contributed by atoms with Crippen LogP contribution >= 0.6 is 11.6 Å². The molecule has 0 N–H and O–H groups in total. The Kier molecular flexibility index (Phi) is 3.27. The lowest BCUT2D eigenvalue weighted by Crippen LogP contribution is -2.09. The van der Waals surface area contributed by atoms with Crippen LogP contribution in [0.2, 0.25) is 0 Å². The molecule has 1 aliphatic carbocycles. The van der Waals surface area contributed by atoms with Crippen LogP contribution in [0.15, 0.2) is 0 Å².